The molecule has 1 aliphatic rings. The highest BCUT2D eigenvalue weighted by molar-refractivity contribution is 6.30. The van der Waals surface area contributed by atoms with E-state index >= 15 is 0 Å². The second-order valence-electron chi connectivity index (χ2n) is 6.27. The van der Waals surface area contributed by atoms with E-state index < -0.39 is 13.0 Å². The summed E-state index contributed by atoms with van der Waals surface area (Å²) in [5, 5.41) is 21.1. The van der Waals surface area contributed by atoms with Crippen LogP contribution in [0.2, 0.25) is 5.15 Å². The molecule has 154 valence electrons. The first kappa shape index (κ1) is 21.2. The summed E-state index contributed by atoms with van der Waals surface area (Å²) in [7, 11) is 0. The molecular weight excluding hydrogens is 418 g/mol. The molecule has 0 aromatic carbocycles. The molecule has 2 aromatic rings. The van der Waals surface area contributed by atoms with Crippen LogP contribution < -0.4 is 10.1 Å². The third-order valence-corrected chi connectivity index (χ3v) is 4.70. The van der Waals surface area contributed by atoms with Crippen molar-refractivity contribution < 1.29 is 18.3 Å². The molecule has 0 aliphatic carbocycles. The lowest BCUT2D eigenvalue weighted by Crippen LogP contribution is -2.37. The van der Waals surface area contributed by atoms with E-state index in [0.717, 1.165) is 5.56 Å². The monoisotopic (exact) mass is 432 g/mol. The Morgan fingerprint density at radius 3 is 2.90 bits per heavy atom. The van der Waals surface area contributed by atoms with Gasteiger partial charge in [-0.25, -0.2) is 18.7 Å². The zero-order valence-corrected chi connectivity index (χ0v) is 16.3. The molecular formula is C19H15ClF2N6O2. The van der Waals surface area contributed by atoms with Gasteiger partial charge in [-0.2, -0.15) is 10.5 Å². The van der Waals surface area contributed by atoms with Gasteiger partial charge in [0.2, 0.25) is 5.88 Å². The van der Waals surface area contributed by atoms with Crippen LogP contribution in [0, 0.1) is 22.7 Å². The van der Waals surface area contributed by atoms with Gasteiger partial charge in [-0.3, -0.25) is 4.79 Å². The summed E-state index contributed by atoms with van der Waals surface area (Å²) in [5.74, 6) is -0.0333. The van der Waals surface area contributed by atoms with Gasteiger partial charge in [0, 0.05) is 36.5 Å². The van der Waals surface area contributed by atoms with Crippen LogP contribution >= 0.6 is 11.6 Å². The fourth-order valence-electron chi connectivity index (χ4n) is 3.11. The number of nitrogens with zero attached hydrogens (tertiary/aromatic N) is 5. The number of alkyl halides is 2. The van der Waals surface area contributed by atoms with Gasteiger partial charge in [-0.05, 0) is 18.1 Å². The Hall–Kier alpha value is -3.50. The van der Waals surface area contributed by atoms with Crippen molar-refractivity contribution in [3.8, 4) is 18.0 Å². The van der Waals surface area contributed by atoms with Gasteiger partial charge in [-0.15, -0.1) is 0 Å². The van der Waals surface area contributed by atoms with Crippen LogP contribution in [0.25, 0.3) is 0 Å². The van der Waals surface area contributed by atoms with E-state index in [1.807, 2.05) is 12.1 Å². The van der Waals surface area contributed by atoms with Gasteiger partial charge in [0.05, 0.1) is 11.6 Å². The lowest BCUT2D eigenvalue weighted by molar-refractivity contribution is 0.0730. The topological polar surface area (TPSA) is 115 Å². The molecule has 8 nitrogen and oxygen atoms in total. The molecule has 11 heteroatoms. The van der Waals surface area contributed by atoms with Gasteiger partial charge < -0.3 is 15.0 Å². The van der Waals surface area contributed by atoms with E-state index in [2.05, 4.69) is 15.3 Å². The lowest BCUT2D eigenvalue weighted by Gasteiger charge is -2.30. The summed E-state index contributed by atoms with van der Waals surface area (Å²) >= 11 is 6.12. The van der Waals surface area contributed by atoms with Crippen molar-refractivity contribution in [3.63, 3.8) is 0 Å². The number of halogens is 3. The number of nitrogens with one attached hydrogen (secondary N) is 1. The number of anilines is 1. The molecule has 30 heavy (non-hydrogen) atoms. The number of nitriles is 2. The second kappa shape index (κ2) is 9.33. The second-order valence-corrected chi connectivity index (χ2v) is 6.63. The van der Waals surface area contributed by atoms with Crippen LogP contribution in [0.4, 0.5) is 14.6 Å². The Balaban J connectivity index is 1.86. The number of carbonyl (C=O) groups excluding carboxylic acids is 1. The summed E-state index contributed by atoms with van der Waals surface area (Å²) in [6, 6.07) is 6.72. The molecule has 0 fully saturated rings. The number of fused-ring (bicyclic) bond motifs is 1. The highest BCUT2D eigenvalue weighted by Crippen LogP contribution is 2.32. The van der Waals surface area contributed by atoms with Crippen molar-refractivity contribution in [1.29, 1.82) is 10.5 Å². The third kappa shape index (κ3) is 4.56. The fraction of sp³-hybridized carbons (Fsp3) is 0.316. The van der Waals surface area contributed by atoms with Crippen LogP contribution in [0.3, 0.4) is 0 Å². The molecule has 1 N–H and O–H groups in total. The van der Waals surface area contributed by atoms with E-state index in [-0.39, 0.29) is 41.2 Å². The highest BCUT2D eigenvalue weighted by atomic mass is 35.5. The Labute approximate surface area is 175 Å². The fourth-order valence-corrected chi connectivity index (χ4v) is 3.35. The van der Waals surface area contributed by atoms with Crippen LogP contribution in [-0.2, 0) is 13.0 Å². The molecule has 3 heterocycles. The van der Waals surface area contributed by atoms with Crippen molar-refractivity contribution >= 4 is 23.3 Å². The minimum absolute atomic E-state index is 0.0161. The molecule has 0 atom stereocenters. The number of ether oxygens (including phenoxy) is 1. The Kier molecular flexibility index (Phi) is 6.60. The van der Waals surface area contributed by atoms with Crippen molar-refractivity contribution in [2.24, 2.45) is 0 Å². The van der Waals surface area contributed by atoms with Crippen LogP contribution in [0.15, 0.2) is 18.3 Å². The van der Waals surface area contributed by atoms with Crippen molar-refractivity contribution in [2.45, 2.75) is 19.4 Å². The Bertz CT molecular complexity index is 1050. The largest absolute Gasteiger partial charge is 0.472 e. The van der Waals surface area contributed by atoms with Crippen molar-refractivity contribution in [1.82, 2.24) is 14.9 Å². The molecule has 3 rings (SSSR count). The van der Waals surface area contributed by atoms with E-state index in [4.69, 9.17) is 21.6 Å². The van der Waals surface area contributed by atoms with Crippen LogP contribution in [-0.4, -0.2) is 46.9 Å². The van der Waals surface area contributed by atoms with Crippen LogP contribution in [0.1, 0.15) is 27.0 Å². The highest BCUT2D eigenvalue weighted by Gasteiger charge is 2.28. The number of aromatic nitrogens is 2. The number of rotatable bonds is 6. The molecule has 0 radical (unpaired) electrons. The Morgan fingerprint density at radius 2 is 2.20 bits per heavy atom. The first-order chi connectivity index (χ1) is 14.4. The summed E-state index contributed by atoms with van der Waals surface area (Å²) in [6.07, 6.45) is -0.957. The quantitative estimate of drug-likeness (QED) is 0.551. The SMILES string of the molecule is N#CCNc1nc(Cl)c(C#N)c2c1CCN(C(=O)c1ccnc(OCC(F)F)c1)C2. The maximum absolute atomic E-state index is 12.9. The van der Waals surface area contributed by atoms with E-state index in [1.54, 1.807) is 0 Å². The zero-order chi connectivity index (χ0) is 21.7. The summed E-state index contributed by atoms with van der Waals surface area (Å²) in [4.78, 5) is 22.4. The molecule has 0 bridgehead atoms. The average Bonchev–Trinajstić information content (AvgIpc) is 2.75. The first-order valence-electron chi connectivity index (χ1n) is 8.83. The lowest BCUT2D eigenvalue weighted by atomic mass is 9.96. The number of hydrogen-bond donors (Lipinski definition) is 1. The van der Waals surface area contributed by atoms with Gasteiger partial charge in [0.25, 0.3) is 12.3 Å². The van der Waals surface area contributed by atoms with Gasteiger partial charge in [0.1, 0.15) is 23.6 Å². The predicted octanol–water partition coefficient (Wildman–Crippen LogP) is 2.78. The summed E-state index contributed by atoms with van der Waals surface area (Å²) in [5.41, 5.74) is 1.67. The molecule has 1 aliphatic heterocycles. The number of carbonyl (C=O) groups is 1. The number of pyridine rings is 2. The van der Waals surface area contributed by atoms with E-state index in [0.29, 0.717) is 24.3 Å². The molecule has 0 unspecified atom stereocenters. The Morgan fingerprint density at radius 1 is 1.40 bits per heavy atom. The van der Waals surface area contributed by atoms with Gasteiger partial charge in [-0.1, -0.05) is 11.6 Å². The molecule has 0 spiro atoms. The van der Waals surface area contributed by atoms with Crippen LogP contribution in [0.5, 0.6) is 5.88 Å². The molecule has 2 aromatic heterocycles. The molecule has 0 saturated heterocycles. The molecule has 1 amide bonds. The van der Waals surface area contributed by atoms with Crippen molar-refractivity contribution in [2.75, 3.05) is 25.0 Å². The third-order valence-electron chi connectivity index (χ3n) is 4.42. The minimum Gasteiger partial charge on any atom is -0.472 e. The summed E-state index contributed by atoms with van der Waals surface area (Å²) in [6.45, 7) is -0.368. The predicted molar refractivity (Wildman–Crippen MR) is 102 cm³/mol. The minimum atomic E-state index is -2.66. The van der Waals surface area contributed by atoms with E-state index in [9.17, 15) is 18.8 Å². The average molecular weight is 433 g/mol. The summed E-state index contributed by atoms with van der Waals surface area (Å²) < 4.78 is 29.5. The molecule has 0 saturated carbocycles. The van der Waals surface area contributed by atoms with E-state index in [1.165, 1.54) is 23.2 Å². The maximum Gasteiger partial charge on any atom is 0.272 e. The van der Waals surface area contributed by atoms with Gasteiger partial charge >= 0.3 is 0 Å². The smallest absolute Gasteiger partial charge is 0.272 e. The number of hydrogen-bond acceptors (Lipinski definition) is 7. The first-order valence-corrected chi connectivity index (χ1v) is 9.20. The normalized spacial score (nSPS) is 12.7. The standard InChI is InChI=1S/C19H15ClF2N6O2/c20-17-13(8-24)14-9-28(6-2-12(14)18(27-17)26-5-3-23)19(29)11-1-4-25-16(7-11)30-10-15(21)22/h1,4,7,15H,2,5-6,9-10H2,(H,26,27). The van der Waals surface area contributed by atoms with Gasteiger partial charge in [0.15, 0.2) is 6.61 Å². The maximum atomic E-state index is 12.9. The zero-order valence-electron chi connectivity index (χ0n) is 15.5. The van der Waals surface area contributed by atoms with Crippen molar-refractivity contribution in [3.05, 3.63) is 45.7 Å². The number of amides is 1.